The van der Waals surface area contributed by atoms with E-state index in [1.165, 1.54) is 4.88 Å². The number of phenolic OH excluding ortho intramolecular Hbond substituents is 1. The predicted molar refractivity (Wildman–Crippen MR) is 91.4 cm³/mol. The van der Waals surface area contributed by atoms with E-state index in [0.717, 1.165) is 36.2 Å². The summed E-state index contributed by atoms with van der Waals surface area (Å²) in [7, 11) is 0. The molecule has 2 N–H and O–H groups in total. The second kappa shape index (κ2) is 6.67. The molecule has 0 spiro atoms. The van der Waals surface area contributed by atoms with Gasteiger partial charge in [0.15, 0.2) is 0 Å². The molecule has 1 aliphatic rings. The van der Waals surface area contributed by atoms with Crippen molar-refractivity contribution in [3.63, 3.8) is 0 Å². The fourth-order valence-electron chi connectivity index (χ4n) is 2.71. The van der Waals surface area contributed by atoms with E-state index in [9.17, 15) is 5.11 Å². The molecule has 1 aromatic carbocycles. The molecule has 0 saturated carbocycles. The maximum atomic E-state index is 10.4. The van der Waals surface area contributed by atoms with Gasteiger partial charge in [-0.15, -0.1) is 11.3 Å². The molecule has 1 aromatic heterocycles. The van der Waals surface area contributed by atoms with Crippen LogP contribution in [0.15, 0.2) is 34.1 Å². The van der Waals surface area contributed by atoms with Crippen LogP contribution in [0.25, 0.3) is 0 Å². The first kappa shape index (κ1) is 15.3. The summed E-state index contributed by atoms with van der Waals surface area (Å²) in [5.74, 6) is 0.178. The second-order valence-electron chi connectivity index (χ2n) is 5.03. The predicted octanol–water partition coefficient (Wildman–Crippen LogP) is 3.86. The number of thiophene rings is 1. The number of benzene rings is 1. The standard InChI is InChI=1S/C15H16BrClN2OS/c16-10-8-11(15(20)12(17)9-10)14(13-2-1-7-21-13)19-5-3-18-4-6-19/h1-2,7-9,14,18,20H,3-6H2/t14-/m0/s1. The van der Waals surface area contributed by atoms with Crippen LogP contribution in [0.5, 0.6) is 5.75 Å². The van der Waals surface area contributed by atoms with Gasteiger partial charge in [0.2, 0.25) is 0 Å². The van der Waals surface area contributed by atoms with Crippen molar-refractivity contribution in [2.75, 3.05) is 26.2 Å². The molecular weight excluding hydrogens is 372 g/mol. The quantitative estimate of drug-likeness (QED) is 0.839. The summed E-state index contributed by atoms with van der Waals surface area (Å²) in [6, 6.07) is 7.90. The van der Waals surface area contributed by atoms with E-state index in [0.29, 0.717) is 5.02 Å². The van der Waals surface area contributed by atoms with Crippen molar-refractivity contribution in [1.82, 2.24) is 10.2 Å². The van der Waals surface area contributed by atoms with E-state index < -0.39 is 0 Å². The molecule has 1 saturated heterocycles. The Kier molecular flexibility index (Phi) is 4.86. The lowest BCUT2D eigenvalue weighted by Gasteiger charge is -2.35. The van der Waals surface area contributed by atoms with Crippen LogP contribution in [-0.2, 0) is 0 Å². The Balaban J connectivity index is 2.07. The van der Waals surface area contributed by atoms with Gasteiger partial charge in [0.05, 0.1) is 11.1 Å². The fraction of sp³-hybridized carbons (Fsp3) is 0.333. The van der Waals surface area contributed by atoms with Gasteiger partial charge < -0.3 is 10.4 Å². The largest absolute Gasteiger partial charge is 0.506 e. The smallest absolute Gasteiger partial charge is 0.139 e. The zero-order chi connectivity index (χ0) is 14.8. The molecule has 6 heteroatoms. The Labute approximate surface area is 141 Å². The molecule has 3 rings (SSSR count). The second-order valence-corrected chi connectivity index (χ2v) is 7.33. The molecule has 0 amide bonds. The van der Waals surface area contributed by atoms with Gasteiger partial charge in [-0.25, -0.2) is 0 Å². The minimum atomic E-state index is 0.0436. The third kappa shape index (κ3) is 3.27. The average molecular weight is 388 g/mol. The lowest BCUT2D eigenvalue weighted by Crippen LogP contribution is -2.45. The number of nitrogens with one attached hydrogen (secondary N) is 1. The molecule has 0 radical (unpaired) electrons. The van der Waals surface area contributed by atoms with Crippen LogP contribution in [0.3, 0.4) is 0 Å². The van der Waals surface area contributed by atoms with Crippen molar-refractivity contribution in [1.29, 1.82) is 0 Å². The summed E-state index contributed by atoms with van der Waals surface area (Å²) < 4.78 is 0.886. The van der Waals surface area contributed by atoms with Crippen molar-refractivity contribution in [2.24, 2.45) is 0 Å². The van der Waals surface area contributed by atoms with Gasteiger partial charge in [-0.05, 0) is 23.6 Å². The van der Waals surface area contributed by atoms with Gasteiger partial charge in [-0.3, -0.25) is 4.90 Å². The van der Waals surface area contributed by atoms with E-state index in [2.05, 4.69) is 37.6 Å². The third-order valence-corrected chi connectivity index (χ3v) is 5.35. The molecule has 2 heterocycles. The number of aromatic hydroxyl groups is 1. The van der Waals surface area contributed by atoms with Gasteiger partial charge in [-0.2, -0.15) is 0 Å². The molecular formula is C15H16BrClN2OS. The highest BCUT2D eigenvalue weighted by atomic mass is 79.9. The van der Waals surface area contributed by atoms with Gasteiger partial charge in [0.25, 0.3) is 0 Å². The summed E-state index contributed by atoms with van der Waals surface area (Å²) in [6.07, 6.45) is 0. The van der Waals surface area contributed by atoms with Crippen molar-refractivity contribution < 1.29 is 5.11 Å². The van der Waals surface area contributed by atoms with E-state index in [-0.39, 0.29) is 11.8 Å². The first-order valence-electron chi connectivity index (χ1n) is 6.83. The Bertz CT molecular complexity index is 614. The van der Waals surface area contributed by atoms with Crippen LogP contribution in [0.4, 0.5) is 0 Å². The molecule has 3 nitrogen and oxygen atoms in total. The Hall–Kier alpha value is -0.590. The number of halogens is 2. The molecule has 21 heavy (non-hydrogen) atoms. The maximum Gasteiger partial charge on any atom is 0.139 e. The van der Waals surface area contributed by atoms with E-state index in [1.54, 1.807) is 17.4 Å². The molecule has 112 valence electrons. The van der Waals surface area contributed by atoms with E-state index in [1.807, 2.05) is 12.1 Å². The average Bonchev–Trinajstić information content (AvgIpc) is 2.99. The molecule has 2 aromatic rings. The summed E-state index contributed by atoms with van der Waals surface area (Å²) >= 11 is 11.3. The molecule has 1 fully saturated rings. The third-order valence-electron chi connectivity index (χ3n) is 3.68. The summed E-state index contributed by atoms with van der Waals surface area (Å²) in [4.78, 5) is 3.61. The minimum Gasteiger partial charge on any atom is -0.506 e. The SMILES string of the molecule is Oc1c(Cl)cc(Br)cc1[C@@H](c1cccs1)N1CCNCC1. The topological polar surface area (TPSA) is 35.5 Å². The normalized spacial score (nSPS) is 17.8. The van der Waals surface area contributed by atoms with Gasteiger partial charge in [0.1, 0.15) is 5.75 Å². The van der Waals surface area contributed by atoms with Crippen LogP contribution in [-0.4, -0.2) is 36.2 Å². The van der Waals surface area contributed by atoms with E-state index >= 15 is 0 Å². The maximum absolute atomic E-state index is 10.4. The lowest BCUT2D eigenvalue weighted by atomic mass is 10.0. The van der Waals surface area contributed by atoms with Crippen LogP contribution < -0.4 is 5.32 Å². The molecule has 0 bridgehead atoms. The van der Waals surface area contributed by atoms with Gasteiger partial charge in [0, 0.05) is 41.1 Å². The number of hydrogen-bond acceptors (Lipinski definition) is 4. The van der Waals surface area contributed by atoms with Gasteiger partial charge >= 0.3 is 0 Å². The number of phenols is 1. The summed E-state index contributed by atoms with van der Waals surface area (Å²) in [5, 5.41) is 16.3. The van der Waals surface area contributed by atoms with Crippen LogP contribution in [0.2, 0.25) is 5.02 Å². The van der Waals surface area contributed by atoms with Crippen LogP contribution in [0, 0.1) is 0 Å². The molecule has 0 unspecified atom stereocenters. The number of rotatable bonds is 3. The fourth-order valence-corrected chi connectivity index (χ4v) is 4.42. The Morgan fingerprint density at radius 3 is 2.76 bits per heavy atom. The first-order valence-corrected chi connectivity index (χ1v) is 8.88. The summed E-state index contributed by atoms with van der Waals surface area (Å²) in [6.45, 7) is 3.83. The lowest BCUT2D eigenvalue weighted by molar-refractivity contribution is 0.198. The Morgan fingerprint density at radius 2 is 2.10 bits per heavy atom. The highest BCUT2D eigenvalue weighted by Gasteiger charge is 2.28. The van der Waals surface area contributed by atoms with Gasteiger partial charge in [-0.1, -0.05) is 33.6 Å². The zero-order valence-corrected chi connectivity index (χ0v) is 14.5. The first-order chi connectivity index (χ1) is 10.2. The highest BCUT2D eigenvalue weighted by molar-refractivity contribution is 9.10. The molecule has 0 aliphatic carbocycles. The van der Waals surface area contributed by atoms with Crippen molar-refractivity contribution in [3.8, 4) is 5.75 Å². The van der Waals surface area contributed by atoms with Crippen molar-refractivity contribution in [2.45, 2.75) is 6.04 Å². The highest BCUT2D eigenvalue weighted by Crippen LogP contribution is 2.41. The zero-order valence-electron chi connectivity index (χ0n) is 11.4. The monoisotopic (exact) mass is 386 g/mol. The number of nitrogens with zero attached hydrogens (tertiary/aromatic N) is 1. The molecule has 1 aliphatic heterocycles. The van der Waals surface area contributed by atoms with Crippen LogP contribution in [0.1, 0.15) is 16.5 Å². The van der Waals surface area contributed by atoms with E-state index in [4.69, 9.17) is 11.6 Å². The number of hydrogen-bond donors (Lipinski definition) is 2. The number of piperazine rings is 1. The molecule has 1 atom stereocenters. The van der Waals surface area contributed by atoms with Crippen molar-refractivity contribution in [3.05, 3.63) is 49.6 Å². The minimum absolute atomic E-state index is 0.0436. The Morgan fingerprint density at radius 1 is 1.33 bits per heavy atom. The summed E-state index contributed by atoms with van der Waals surface area (Å²) in [5.41, 5.74) is 0.860. The van der Waals surface area contributed by atoms with Crippen molar-refractivity contribution >= 4 is 38.9 Å². The van der Waals surface area contributed by atoms with Crippen LogP contribution >= 0.6 is 38.9 Å².